The van der Waals surface area contributed by atoms with Crippen LogP contribution >= 0.6 is 0 Å². The number of nitrogens with zero attached hydrogens (tertiary/aromatic N) is 2. The fourth-order valence-corrected chi connectivity index (χ4v) is 3.87. The summed E-state index contributed by atoms with van der Waals surface area (Å²) in [5, 5.41) is 2.76. The number of piperazine rings is 1. The Morgan fingerprint density at radius 1 is 1.29 bits per heavy atom. The zero-order chi connectivity index (χ0) is 17.7. The molecule has 7 nitrogen and oxygen atoms in total. The van der Waals surface area contributed by atoms with Crippen LogP contribution in [0.1, 0.15) is 13.3 Å². The molecule has 0 aromatic heterocycles. The minimum absolute atomic E-state index is 0.00800. The van der Waals surface area contributed by atoms with Gasteiger partial charge in [-0.2, -0.15) is 4.31 Å². The van der Waals surface area contributed by atoms with Crippen LogP contribution in [0.4, 0.5) is 9.18 Å². The maximum Gasteiger partial charge on any atom is 0.317 e. The van der Waals surface area contributed by atoms with Gasteiger partial charge in [0, 0.05) is 32.7 Å². The highest BCUT2D eigenvalue weighted by Gasteiger charge is 2.30. The Morgan fingerprint density at radius 2 is 1.96 bits per heavy atom. The molecule has 9 heteroatoms. The van der Waals surface area contributed by atoms with Crippen LogP contribution in [0.15, 0.2) is 23.1 Å². The zero-order valence-corrected chi connectivity index (χ0v) is 14.6. The standard InChI is InChI=1S/C15H22FN3O4S/c1-3-6-17-15(20)18-7-9-19(10-8-18)24(21,22)12-4-5-14(23-2)13(16)11-12/h4-5,11H,3,6-10H2,1-2H3,(H,17,20). The molecule has 0 spiro atoms. The number of carbonyl (C=O) groups excluding carboxylic acids is 1. The number of benzene rings is 1. The number of ether oxygens (including phenoxy) is 1. The highest BCUT2D eigenvalue weighted by molar-refractivity contribution is 7.89. The van der Waals surface area contributed by atoms with Crippen LogP contribution in [0, 0.1) is 5.82 Å². The number of hydrogen-bond donors (Lipinski definition) is 1. The van der Waals surface area contributed by atoms with Gasteiger partial charge in [-0.15, -0.1) is 0 Å². The lowest BCUT2D eigenvalue weighted by Crippen LogP contribution is -2.53. The molecule has 0 aliphatic carbocycles. The first-order valence-electron chi connectivity index (χ1n) is 7.76. The first-order chi connectivity index (χ1) is 11.4. The van der Waals surface area contributed by atoms with E-state index in [-0.39, 0.29) is 29.8 Å². The van der Waals surface area contributed by atoms with E-state index in [0.717, 1.165) is 12.5 Å². The van der Waals surface area contributed by atoms with E-state index >= 15 is 0 Å². The summed E-state index contributed by atoms with van der Waals surface area (Å²) in [7, 11) is -2.48. The molecule has 1 aliphatic heterocycles. The van der Waals surface area contributed by atoms with Crippen molar-refractivity contribution >= 4 is 16.1 Å². The lowest BCUT2D eigenvalue weighted by molar-refractivity contribution is 0.172. The summed E-state index contributed by atoms with van der Waals surface area (Å²) in [6.45, 7) is 3.49. The van der Waals surface area contributed by atoms with Gasteiger partial charge in [0.2, 0.25) is 10.0 Å². The molecule has 0 saturated carbocycles. The van der Waals surface area contributed by atoms with Gasteiger partial charge in [-0.05, 0) is 24.6 Å². The SMILES string of the molecule is CCCNC(=O)N1CCN(S(=O)(=O)c2ccc(OC)c(F)c2)CC1. The predicted octanol–water partition coefficient (Wildman–Crippen LogP) is 1.26. The van der Waals surface area contributed by atoms with Crippen molar-refractivity contribution in [2.24, 2.45) is 0 Å². The highest BCUT2D eigenvalue weighted by Crippen LogP contribution is 2.23. The van der Waals surface area contributed by atoms with Gasteiger partial charge in [0.1, 0.15) is 0 Å². The second-order valence-electron chi connectivity index (χ2n) is 5.42. The Labute approximate surface area is 141 Å². The van der Waals surface area contributed by atoms with Crippen molar-refractivity contribution < 1.29 is 22.3 Å². The topological polar surface area (TPSA) is 79.0 Å². The normalized spacial score (nSPS) is 16.0. The van der Waals surface area contributed by atoms with E-state index in [1.807, 2.05) is 6.92 Å². The third-order valence-electron chi connectivity index (χ3n) is 3.81. The molecule has 0 radical (unpaired) electrons. The Bertz CT molecular complexity index is 688. The van der Waals surface area contributed by atoms with Gasteiger partial charge < -0.3 is 15.0 Å². The third kappa shape index (κ3) is 3.96. The average Bonchev–Trinajstić information content (AvgIpc) is 2.59. The molecule has 0 unspecified atom stereocenters. The number of hydrogen-bond acceptors (Lipinski definition) is 4. The lowest BCUT2D eigenvalue weighted by Gasteiger charge is -2.34. The van der Waals surface area contributed by atoms with Crippen LogP contribution in [-0.2, 0) is 10.0 Å². The summed E-state index contributed by atoms with van der Waals surface area (Å²) >= 11 is 0. The summed E-state index contributed by atoms with van der Waals surface area (Å²) in [4.78, 5) is 13.3. The van der Waals surface area contributed by atoms with E-state index in [1.54, 1.807) is 4.90 Å². The smallest absolute Gasteiger partial charge is 0.317 e. The Hall–Kier alpha value is -1.87. The Kier molecular flexibility index (Phi) is 6.00. The first-order valence-corrected chi connectivity index (χ1v) is 9.20. The third-order valence-corrected chi connectivity index (χ3v) is 5.71. The molecule has 1 aliphatic rings. The molecule has 1 fully saturated rings. The van der Waals surface area contributed by atoms with Crippen LogP contribution in [0.3, 0.4) is 0 Å². The van der Waals surface area contributed by atoms with Crippen molar-refractivity contribution in [3.8, 4) is 5.75 Å². The second kappa shape index (κ2) is 7.80. The van der Waals surface area contributed by atoms with Crippen LogP contribution in [0.2, 0.25) is 0 Å². The van der Waals surface area contributed by atoms with E-state index < -0.39 is 15.8 Å². The van der Waals surface area contributed by atoms with Gasteiger partial charge in [-0.25, -0.2) is 17.6 Å². The molecule has 134 valence electrons. The van der Waals surface area contributed by atoms with E-state index in [1.165, 1.54) is 23.5 Å². The molecule has 2 rings (SSSR count). The van der Waals surface area contributed by atoms with Gasteiger partial charge >= 0.3 is 6.03 Å². The zero-order valence-electron chi connectivity index (χ0n) is 13.8. The van der Waals surface area contributed by atoms with E-state index in [0.29, 0.717) is 19.6 Å². The molecule has 1 saturated heterocycles. The van der Waals surface area contributed by atoms with Crippen LogP contribution in [-0.4, -0.2) is 63.5 Å². The number of sulfonamides is 1. The number of urea groups is 1. The lowest BCUT2D eigenvalue weighted by atomic mass is 10.3. The van der Waals surface area contributed by atoms with Crippen molar-refractivity contribution in [1.82, 2.24) is 14.5 Å². The second-order valence-corrected chi connectivity index (χ2v) is 7.36. The van der Waals surface area contributed by atoms with Crippen molar-refractivity contribution in [2.45, 2.75) is 18.2 Å². The fraction of sp³-hybridized carbons (Fsp3) is 0.533. The van der Waals surface area contributed by atoms with Gasteiger partial charge in [0.25, 0.3) is 0 Å². The fourth-order valence-electron chi connectivity index (χ4n) is 2.43. The van der Waals surface area contributed by atoms with E-state index in [2.05, 4.69) is 5.32 Å². The average molecular weight is 359 g/mol. The Balaban J connectivity index is 2.04. The quantitative estimate of drug-likeness (QED) is 0.858. The number of nitrogens with one attached hydrogen (secondary N) is 1. The van der Waals surface area contributed by atoms with Crippen molar-refractivity contribution in [3.63, 3.8) is 0 Å². The summed E-state index contributed by atoms with van der Waals surface area (Å²) in [5.74, 6) is -0.734. The molecule has 1 heterocycles. The van der Waals surface area contributed by atoms with Gasteiger partial charge in [-0.3, -0.25) is 0 Å². The molecule has 0 bridgehead atoms. The highest BCUT2D eigenvalue weighted by atomic mass is 32.2. The molecular formula is C15H22FN3O4S. The number of halogens is 1. The van der Waals surface area contributed by atoms with Crippen molar-refractivity contribution in [3.05, 3.63) is 24.0 Å². The molecule has 1 aromatic rings. The number of methoxy groups -OCH3 is 1. The van der Waals surface area contributed by atoms with Gasteiger partial charge in [0.05, 0.1) is 12.0 Å². The summed E-state index contributed by atoms with van der Waals surface area (Å²) < 4.78 is 45.0. The molecule has 24 heavy (non-hydrogen) atoms. The summed E-state index contributed by atoms with van der Waals surface area (Å²) in [6, 6.07) is 3.37. The van der Waals surface area contributed by atoms with Crippen molar-refractivity contribution in [2.75, 3.05) is 39.8 Å². The number of rotatable bonds is 5. The van der Waals surface area contributed by atoms with E-state index in [9.17, 15) is 17.6 Å². The monoisotopic (exact) mass is 359 g/mol. The molecule has 1 aromatic carbocycles. The van der Waals surface area contributed by atoms with E-state index in [4.69, 9.17) is 4.74 Å². The largest absolute Gasteiger partial charge is 0.494 e. The molecular weight excluding hydrogens is 337 g/mol. The number of amides is 2. The summed E-state index contributed by atoms with van der Waals surface area (Å²) in [6.07, 6.45) is 0.836. The minimum atomic E-state index is -3.80. The number of carbonyl (C=O) groups is 1. The molecule has 0 atom stereocenters. The van der Waals surface area contributed by atoms with Crippen LogP contribution < -0.4 is 10.1 Å². The Morgan fingerprint density at radius 3 is 2.50 bits per heavy atom. The first kappa shape index (κ1) is 18.5. The van der Waals surface area contributed by atoms with Gasteiger partial charge in [0.15, 0.2) is 11.6 Å². The molecule has 1 N–H and O–H groups in total. The predicted molar refractivity (Wildman–Crippen MR) is 87.0 cm³/mol. The maximum absolute atomic E-state index is 13.8. The van der Waals surface area contributed by atoms with Crippen LogP contribution in [0.25, 0.3) is 0 Å². The van der Waals surface area contributed by atoms with Gasteiger partial charge in [-0.1, -0.05) is 6.92 Å². The molecule has 2 amide bonds. The maximum atomic E-state index is 13.8. The van der Waals surface area contributed by atoms with Crippen LogP contribution in [0.5, 0.6) is 5.75 Å². The summed E-state index contributed by atoms with van der Waals surface area (Å²) in [5.41, 5.74) is 0. The minimum Gasteiger partial charge on any atom is -0.494 e. The van der Waals surface area contributed by atoms with Crippen molar-refractivity contribution in [1.29, 1.82) is 0 Å².